The molecule has 1 unspecified atom stereocenters. The van der Waals surface area contributed by atoms with Gasteiger partial charge in [-0.2, -0.15) is 0 Å². The van der Waals surface area contributed by atoms with Crippen molar-refractivity contribution in [2.75, 3.05) is 0 Å². The molecule has 1 aliphatic heterocycles. The highest BCUT2D eigenvalue weighted by molar-refractivity contribution is 8.15. The molecule has 1 aliphatic rings. The summed E-state index contributed by atoms with van der Waals surface area (Å²) in [5.74, 6) is 0.450. The molecule has 0 aromatic heterocycles. The highest BCUT2D eigenvalue weighted by atomic mass is 35.5. The average molecular weight is 393 g/mol. The van der Waals surface area contributed by atoms with E-state index in [1.54, 1.807) is 12.1 Å². The number of carbonyl (C=O) groups is 1. The Labute approximate surface area is 161 Å². The zero-order valence-corrected chi connectivity index (χ0v) is 16.3. The molecule has 1 atom stereocenters. The van der Waals surface area contributed by atoms with Gasteiger partial charge in [0.05, 0.1) is 21.0 Å². The number of halogens is 2. The molecule has 0 spiro atoms. The number of amidine groups is 1. The molecule has 130 valence electrons. The maximum atomic E-state index is 12.2. The van der Waals surface area contributed by atoms with E-state index in [-0.39, 0.29) is 11.2 Å². The van der Waals surface area contributed by atoms with Gasteiger partial charge in [-0.3, -0.25) is 4.79 Å². The summed E-state index contributed by atoms with van der Waals surface area (Å²) < 4.78 is 0. The van der Waals surface area contributed by atoms with Crippen LogP contribution in [0.1, 0.15) is 30.9 Å². The van der Waals surface area contributed by atoms with E-state index in [0.29, 0.717) is 27.6 Å². The maximum Gasteiger partial charge on any atom is 0.239 e. The summed E-state index contributed by atoms with van der Waals surface area (Å²) in [4.78, 5) is 16.7. The van der Waals surface area contributed by atoms with Gasteiger partial charge in [0, 0.05) is 0 Å². The van der Waals surface area contributed by atoms with Crippen molar-refractivity contribution >= 4 is 51.7 Å². The standard InChI is InChI=1S/C19H18Cl2N2OS/c1-11(2)13-4-6-14(7-5-13)22-19-23-18(24)17(25-19)10-12-3-8-15(20)16(21)9-12/h3-9,11,17H,10H2,1-2H3,(H,22,23,24). The highest BCUT2D eigenvalue weighted by Gasteiger charge is 2.30. The van der Waals surface area contributed by atoms with E-state index >= 15 is 0 Å². The summed E-state index contributed by atoms with van der Waals surface area (Å²) in [6.07, 6.45) is 0.582. The number of nitrogens with zero attached hydrogens (tertiary/aromatic N) is 1. The number of amides is 1. The average Bonchev–Trinajstić information content (AvgIpc) is 2.91. The Morgan fingerprint density at radius 2 is 1.84 bits per heavy atom. The molecule has 3 nitrogen and oxygen atoms in total. The molecule has 1 amide bonds. The first-order chi connectivity index (χ1) is 11.9. The molecule has 0 radical (unpaired) electrons. The number of rotatable bonds is 4. The van der Waals surface area contributed by atoms with Gasteiger partial charge in [-0.25, -0.2) is 4.99 Å². The fourth-order valence-electron chi connectivity index (χ4n) is 2.52. The van der Waals surface area contributed by atoms with Gasteiger partial charge in [-0.1, -0.05) is 67.0 Å². The Hall–Kier alpha value is -1.49. The maximum absolute atomic E-state index is 12.2. The first kappa shape index (κ1) is 18.3. The number of nitrogens with one attached hydrogen (secondary N) is 1. The van der Waals surface area contributed by atoms with Gasteiger partial charge in [-0.05, 0) is 47.7 Å². The Bertz CT molecular complexity index is 819. The Morgan fingerprint density at radius 1 is 1.12 bits per heavy atom. The van der Waals surface area contributed by atoms with Crippen LogP contribution in [0, 0.1) is 0 Å². The van der Waals surface area contributed by atoms with Crippen LogP contribution in [0.15, 0.2) is 47.5 Å². The van der Waals surface area contributed by atoms with Crippen molar-refractivity contribution < 1.29 is 4.79 Å². The molecule has 1 N–H and O–H groups in total. The first-order valence-electron chi connectivity index (χ1n) is 8.02. The van der Waals surface area contributed by atoms with Gasteiger partial charge >= 0.3 is 0 Å². The number of aliphatic imine (C=N–C) groups is 1. The molecule has 1 heterocycles. The molecule has 2 aromatic carbocycles. The van der Waals surface area contributed by atoms with Crippen LogP contribution >= 0.6 is 35.0 Å². The minimum atomic E-state index is -0.217. The van der Waals surface area contributed by atoms with Crippen LogP contribution in [-0.2, 0) is 11.2 Å². The zero-order chi connectivity index (χ0) is 18.0. The number of benzene rings is 2. The topological polar surface area (TPSA) is 41.5 Å². The quantitative estimate of drug-likeness (QED) is 0.737. The Balaban J connectivity index is 1.70. The molecule has 2 aromatic rings. The summed E-state index contributed by atoms with van der Waals surface area (Å²) in [5, 5.41) is 4.28. The van der Waals surface area contributed by atoms with E-state index in [1.165, 1.54) is 17.3 Å². The predicted octanol–water partition coefficient (Wildman–Crippen LogP) is 5.58. The van der Waals surface area contributed by atoms with Crippen molar-refractivity contribution in [3.63, 3.8) is 0 Å². The van der Waals surface area contributed by atoms with Crippen LogP contribution in [0.3, 0.4) is 0 Å². The van der Waals surface area contributed by atoms with E-state index in [4.69, 9.17) is 23.2 Å². The Morgan fingerprint density at radius 3 is 2.48 bits per heavy atom. The summed E-state index contributed by atoms with van der Waals surface area (Å²) in [6, 6.07) is 13.5. The van der Waals surface area contributed by atoms with Crippen LogP contribution in [0.4, 0.5) is 5.69 Å². The SMILES string of the molecule is CC(C)c1ccc(N=C2NC(=O)C(Cc3ccc(Cl)c(Cl)c3)S2)cc1. The van der Waals surface area contributed by atoms with E-state index < -0.39 is 0 Å². The molecular formula is C19H18Cl2N2OS. The predicted molar refractivity (Wildman–Crippen MR) is 107 cm³/mol. The molecule has 1 saturated heterocycles. The molecule has 1 fully saturated rings. The van der Waals surface area contributed by atoms with Crippen molar-refractivity contribution in [1.82, 2.24) is 5.32 Å². The highest BCUT2D eigenvalue weighted by Crippen LogP contribution is 2.29. The van der Waals surface area contributed by atoms with Gasteiger partial charge in [0.25, 0.3) is 0 Å². The minimum Gasteiger partial charge on any atom is -0.304 e. The van der Waals surface area contributed by atoms with Crippen LogP contribution in [-0.4, -0.2) is 16.3 Å². The molecule has 0 bridgehead atoms. The van der Waals surface area contributed by atoms with Crippen molar-refractivity contribution in [3.8, 4) is 0 Å². The van der Waals surface area contributed by atoms with Crippen molar-refractivity contribution in [2.24, 2.45) is 4.99 Å². The number of hydrogen-bond acceptors (Lipinski definition) is 3. The normalized spacial score (nSPS) is 18.8. The fourth-order valence-corrected chi connectivity index (χ4v) is 3.87. The van der Waals surface area contributed by atoms with Crippen molar-refractivity contribution in [3.05, 3.63) is 63.6 Å². The molecule has 25 heavy (non-hydrogen) atoms. The lowest BCUT2D eigenvalue weighted by atomic mass is 10.0. The third kappa shape index (κ3) is 4.57. The number of carbonyl (C=O) groups excluding carboxylic acids is 1. The molecular weight excluding hydrogens is 375 g/mol. The van der Waals surface area contributed by atoms with E-state index in [1.807, 2.05) is 18.2 Å². The van der Waals surface area contributed by atoms with Crippen molar-refractivity contribution in [2.45, 2.75) is 31.4 Å². The van der Waals surface area contributed by atoms with E-state index in [9.17, 15) is 4.79 Å². The molecule has 0 aliphatic carbocycles. The lowest BCUT2D eigenvalue weighted by Crippen LogP contribution is -2.25. The van der Waals surface area contributed by atoms with Crippen molar-refractivity contribution in [1.29, 1.82) is 0 Å². The first-order valence-corrected chi connectivity index (χ1v) is 9.66. The van der Waals surface area contributed by atoms with Crippen LogP contribution in [0.2, 0.25) is 10.0 Å². The minimum absolute atomic E-state index is 0.0337. The van der Waals surface area contributed by atoms with Gasteiger partial charge < -0.3 is 5.32 Å². The van der Waals surface area contributed by atoms with E-state index in [2.05, 4.69) is 36.3 Å². The van der Waals surface area contributed by atoms with Gasteiger partial charge in [-0.15, -0.1) is 0 Å². The Kier molecular flexibility index (Phi) is 5.72. The second-order valence-corrected chi connectivity index (χ2v) is 8.22. The largest absolute Gasteiger partial charge is 0.304 e. The van der Waals surface area contributed by atoms with Gasteiger partial charge in [0.15, 0.2) is 5.17 Å². The van der Waals surface area contributed by atoms with Crippen LogP contribution in [0.25, 0.3) is 0 Å². The van der Waals surface area contributed by atoms with Gasteiger partial charge in [0.2, 0.25) is 5.91 Å². The van der Waals surface area contributed by atoms with Crippen LogP contribution in [0.5, 0.6) is 0 Å². The second-order valence-electron chi connectivity index (χ2n) is 6.21. The van der Waals surface area contributed by atoms with Gasteiger partial charge in [0.1, 0.15) is 0 Å². The molecule has 6 heteroatoms. The number of thioether (sulfide) groups is 1. The third-order valence-electron chi connectivity index (χ3n) is 3.97. The lowest BCUT2D eigenvalue weighted by Gasteiger charge is -2.06. The van der Waals surface area contributed by atoms with Crippen LogP contribution < -0.4 is 5.32 Å². The monoisotopic (exact) mass is 392 g/mol. The fraction of sp³-hybridized carbons (Fsp3) is 0.263. The zero-order valence-electron chi connectivity index (χ0n) is 13.9. The molecule has 0 saturated carbocycles. The molecule has 3 rings (SSSR count). The summed E-state index contributed by atoms with van der Waals surface area (Å²) >= 11 is 13.4. The summed E-state index contributed by atoms with van der Waals surface area (Å²) in [5.41, 5.74) is 3.08. The smallest absolute Gasteiger partial charge is 0.239 e. The third-order valence-corrected chi connectivity index (χ3v) is 5.79. The summed E-state index contributed by atoms with van der Waals surface area (Å²) in [6.45, 7) is 4.31. The summed E-state index contributed by atoms with van der Waals surface area (Å²) in [7, 11) is 0. The van der Waals surface area contributed by atoms with E-state index in [0.717, 1.165) is 11.3 Å². The second kappa shape index (κ2) is 7.81. The lowest BCUT2D eigenvalue weighted by molar-refractivity contribution is -0.118. The number of hydrogen-bond donors (Lipinski definition) is 1.